The summed E-state index contributed by atoms with van der Waals surface area (Å²) >= 11 is 0. The van der Waals surface area contributed by atoms with Crippen LogP contribution in [0.3, 0.4) is 0 Å². The van der Waals surface area contributed by atoms with Crippen LogP contribution in [0, 0.1) is 0 Å². The summed E-state index contributed by atoms with van der Waals surface area (Å²) in [6, 6.07) is 0. The molecule has 17 heavy (non-hydrogen) atoms. The minimum atomic E-state index is -0.833. The Morgan fingerprint density at radius 3 is 0.765 bits per heavy atom. The maximum Gasteiger partial charge on any atom is 0.300 e. The van der Waals surface area contributed by atoms with Crippen LogP contribution in [0.15, 0.2) is 0 Å². The molecule has 0 aromatic carbocycles. The summed E-state index contributed by atoms with van der Waals surface area (Å²) < 4.78 is 0. The van der Waals surface area contributed by atoms with Crippen molar-refractivity contribution < 1.29 is 19.8 Å². The zero-order chi connectivity index (χ0) is 14.0. The van der Waals surface area contributed by atoms with Crippen LogP contribution in [-0.4, -0.2) is 46.1 Å². The number of carboxylic acid groups (broad SMARTS) is 2. The fraction of sp³-hybridized carbons (Fsp3) is 0.833. The van der Waals surface area contributed by atoms with Gasteiger partial charge in [-0.2, -0.15) is 0 Å². The zero-order valence-electron chi connectivity index (χ0n) is 12.0. The Hall–Kier alpha value is -0.261. The molecule has 0 spiro atoms. The Labute approximate surface area is 123 Å². The van der Waals surface area contributed by atoms with Gasteiger partial charge in [0.1, 0.15) is 0 Å². The van der Waals surface area contributed by atoms with Crippen molar-refractivity contribution in [1.29, 1.82) is 0 Å². The summed E-state index contributed by atoms with van der Waals surface area (Å²) in [5, 5.41) is 14.8. The van der Waals surface area contributed by atoms with Crippen LogP contribution >= 0.6 is 0 Å². The summed E-state index contributed by atoms with van der Waals surface area (Å²) in [4.78, 5) is 18.0. The van der Waals surface area contributed by atoms with Crippen molar-refractivity contribution in [3.8, 4) is 0 Å². The van der Waals surface area contributed by atoms with Gasteiger partial charge in [-0.3, -0.25) is 9.59 Å². The molecule has 0 saturated heterocycles. The average Bonchev–Trinajstić information content (AvgIpc) is 2.16. The second kappa shape index (κ2) is 36.0. The first-order valence-corrected chi connectivity index (χ1v) is 5.68. The molecule has 5 heteroatoms. The summed E-state index contributed by atoms with van der Waals surface area (Å²) in [5.41, 5.74) is 0. The van der Waals surface area contributed by atoms with Crippen LogP contribution in [-0.2, 0) is 9.59 Å². The van der Waals surface area contributed by atoms with Crippen LogP contribution in [0.1, 0.15) is 67.2 Å². The second-order valence-corrected chi connectivity index (χ2v) is 3.04. The topological polar surface area (TPSA) is 74.6 Å². The van der Waals surface area contributed by atoms with Gasteiger partial charge in [0, 0.05) is 37.8 Å². The molecule has 0 aromatic rings. The maximum atomic E-state index is 9.00. The van der Waals surface area contributed by atoms with Crippen molar-refractivity contribution in [3.05, 3.63) is 0 Å². The summed E-state index contributed by atoms with van der Waals surface area (Å²) in [5.74, 6) is -1.67. The quantitative estimate of drug-likeness (QED) is 0.745. The van der Waals surface area contributed by atoms with E-state index in [1.165, 1.54) is 25.7 Å². The Morgan fingerprint density at radius 1 is 0.706 bits per heavy atom. The van der Waals surface area contributed by atoms with E-state index in [4.69, 9.17) is 19.8 Å². The maximum absolute atomic E-state index is 9.00. The van der Waals surface area contributed by atoms with Crippen molar-refractivity contribution in [2.24, 2.45) is 0 Å². The van der Waals surface area contributed by atoms with Crippen molar-refractivity contribution in [2.45, 2.75) is 67.2 Å². The molecule has 0 bridgehead atoms. The molecule has 0 aliphatic carbocycles. The molecule has 0 fully saturated rings. The molecule has 0 rings (SSSR count). The Balaban J connectivity index is -0.0000000369. The number of hydrogen-bond acceptors (Lipinski definition) is 2. The number of hydrogen-bond donors (Lipinski definition) is 2. The molecule has 4 nitrogen and oxygen atoms in total. The van der Waals surface area contributed by atoms with Gasteiger partial charge >= 0.3 is 0 Å². The molecule has 0 aliphatic heterocycles. The van der Waals surface area contributed by atoms with Crippen LogP contribution in [0.4, 0.5) is 0 Å². The second-order valence-electron chi connectivity index (χ2n) is 3.04. The fourth-order valence-electron chi connectivity index (χ4n) is 0. The monoisotopic (exact) mass is 356 g/mol. The largest absolute Gasteiger partial charge is 0.481 e. The molecule has 0 heterocycles. The summed E-state index contributed by atoms with van der Waals surface area (Å²) in [6.07, 6.45) is 5.28. The van der Waals surface area contributed by atoms with E-state index in [0.29, 0.717) is 0 Å². The Morgan fingerprint density at radius 2 is 0.765 bits per heavy atom. The SMILES string of the molecule is CC(=O)O.CC(=O)O.CCCC.CCCC.[Sn]. The third-order valence-corrected chi connectivity index (χ3v) is 1.000. The van der Waals surface area contributed by atoms with E-state index in [1.54, 1.807) is 0 Å². The molecule has 0 amide bonds. The van der Waals surface area contributed by atoms with E-state index in [-0.39, 0.29) is 23.9 Å². The number of aliphatic carboxylic acids is 2. The smallest absolute Gasteiger partial charge is 0.300 e. The van der Waals surface area contributed by atoms with Gasteiger partial charge < -0.3 is 10.2 Å². The van der Waals surface area contributed by atoms with Gasteiger partial charge in [-0.05, 0) is 0 Å². The predicted molar refractivity (Wildman–Crippen MR) is 73.5 cm³/mol. The summed E-state index contributed by atoms with van der Waals surface area (Å²) in [6.45, 7) is 10.9. The molecule has 4 radical (unpaired) electrons. The standard InChI is InChI=1S/2C4H10.2C2H4O2.Sn/c2*1-3-4-2;2*1-2(3)4;/h2*3-4H2,1-2H3;2*1H3,(H,3,4);. The van der Waals surface area contributed by atoms with Crippen molar-refractivity contribution >= 4 is 35.8 Å². The van der Waals surface area contributed by atoms with Gasteiger partial charge in [-0.1, -0.05) is 53.4 Å². The normalized spacial score (nSPS) is 6.47. The molecule has 0 atom stereocenters. The molecule has 0 saturated carbocycles. The van der Waals surface area contributed by atoms with E-state index >= 15 is 0 Å². The van der Waals surface area contributed by atoms with Gasteiger partial charge in [-0.15, -0.1) is 0 Å². The molecule has 0 aliphatic rings. The summed E-state index contributed by atoms with van der Waals surface area (Å²) in [7, 11) is 0. The Kier molecular flexibility index (Phi) is 63.8. The van der Waals surface area contributed by atoms with Gasteiger partial charge in [0.15, 0.2) is 0 Å². The van der Waals surface area contributed by atoms with E-state index in [9.17, 15) is 0 Å². The van der Waals surface area contributed by atoms with Crippen LogP contribution in [0.5, 0.6) is 0 Å². The Bertz CT molecular complexity index is 110. The van der Waals surface area contributed by atoms with Gasteiger partial charge in [0.2, 0.25) is 0 Å². The van der Waals surface area contributed by atoms with Crippen molar-refractivity contribution in [1.82, 2.24) is 0 Å². The predicted octanol–water partition coefficient (Wildman–Crippen LogP) is 3.41. The molecule has 0 aromatic heterocycles. The zero-order valence-corrected chi connectivity index (χ0v) is 14.9. The van der Waals surface area contributed by atoms with Gasteiger partial charge in [0.05, 0.1) is 0 Å². The minimum absolute atomic E-state index is 0. The molecule has 0 unspecified atom stereocenters. The van der Waals surface area contributed by atoms with Gasteiger partial charge in [0.25, 0.3) is 11.9 Å². The van der Waals surface area contributed by atoms with Crippen LogP contribution in [0.25, 0.3) is 0 Å². The minimum Gasteiger partial charge on any atom is -0.481 e. The van der Waals surface area contributed by atoms with Crippen molar-refractivity contribution in [2.75, 3.05) is 0 Å². The van der Waals surface area contributed by atoms with E-state index < -0.39 is 11.9 Å². The third-order valence-electron chi connectivity index (χ3n) is 1.000. The van der Waals surface area contributed by atoms with Gasteiger partial charge in [-0.25, -0.2) is 0 Å². The van der Waals surface area contributed by atoms with Crippen molar-refractivity contribution in [3.63, 3.8) is 0 Å². The third kappa shape index (κ3) is 983. The number of carbonyl (C=O) groups is 2. The van der Waals surface area contributed by atoms with Crippen LogP contribution < -0.4 is 0 Å². The molecule has 104 valence electrons. The average molecular weight is 355 g/mol. The first-order valence-electron chi connectivity index (χ1n) is 5.68. The fourth-order valence-corrected chi connectivity index (χ4v) is 0. The van der Waals surface area contributed by atoms with E-state index in [0.717, 1.165) is 13.8 Å². The molecule has 2 N–H and O–H groups in total. The number of unbranched alkanes of at least 4 members (excludes halogenated alkanes) is 2. The first-order chi connectivity index (χ1) is 7.29. The van der Waals surface area contributed by atoms with E-state index in [2.05, 4.69) is 27.7 Å². The van der Waals surface area contributed by atoms with Crippen LogP contribution in [0.2, 0.25) is 0 Å². The molecular weight excluding hydrogens is 327 g/mol. The molecular formula is C12H28O4Sn. The first kappa shape index (κ1) is 30.1. The number of carboxylic acids is 2. The number of rotatable bonds is 2. The van der Waals surface area contributed by atoms with E-state index in [1.807, 2.05) is 0 Å².